The fraction of sp³-hybridized carbons (Fsp3) is 0.667. The average molecular weight is 270 g/mol. The van der Waals surface area contributed by atoms with Gasteiger partial charge in [-0.25, -0.2) is 4.98 Å². The third-order valence-corrected chi connectivity index (χ3v) is 6.60. The lowest BCUT2D eigenvalue weighted by Crippen LogP contribution is -2.32. The number of aryl methyl sites for hydroxylation is 1. The van der Waals surface area contributed by atoms with E-state index in [2.05, 4.69) is 18.8 Å². The molecular formula is C12H18N2OS2. The van der Waals surface area contributed by atoms with Gasteiger partial charge in [-0.2, -0.15) is 11.8 Å². The number of carbonyl (C=O) groups excluding carboxylic acids is 1. The molecule has 17 heavy (non-hydrogen) atoms. The smallest absolute Gasteiger partial charge is 0.154 e. The summed E-state index contributed by atoms with van der Waals surface area (Å²) < 4.78 is 1.92. The van der Waals surface area contributed by atoms with Crippen LogP contribution in [0.1, 0.15) is 19.7 Å². The van der Waals surface area contributed by atoms with Crippen molar-refractivity contribution < 1.29 is 4.79 Å². The van der Waals surface area contributed by atoms with Crippen molar-refractivity contribution >= 4 is 29.3 Å². The number of hydrogen-bond acceptors (Lipinski definition) is 4. The van der Waals surface area contributed by atoms with Crippen LogP contribution in [0.4, 0.5) is 0 Å². The third-order valence-electron chi connectivity index (χ3n) is 3.16. The van der Waals surface area contributed by atoms with Crippen LogP contribution in [-0.2, 0) is 18.3 Å². The lowest BCUT2D eigenvalue weighted by atomic mass is 10.2. The molecule has 0 bridgehead atoms. The van der Waals surface area contributed by atoms with E-state index in [9.17, 15) is 4.79 Å². The van der Waals surface area contributed by atoms with Crippen molar-refractivity contribution in [2.75, 3.05) is 5.75 Å². The van der Waals surface area contributed by atoms with Gasteiger partial charge in [0.25, 0.3) is 0 Å². The molecule has 94 valence electrons. The Hall–Kier alpha value is -0.420. The molecule has 2 rings (SSSR count). The number of nitrogens with zero attached hydrogens (tertiary/aromatic N) is 2. The van der Waals surface area contributed by atoms with E-state index < -0.39 is 0 Å². The molecule has 0 saturated carbocycles. The highest BCUT2D eigenvalue weighted by molar-refractivity contribution is 8.08. The van der Waals surface area contributed by atoms with Gasteiger partial charge in [0.2, 0.25) is 0 Å². The fourth-order valence-corrected chi connectivity index (χ4v) is 4.68. The molecule has 0 aliphatic carbocycles. The second kappa shape index (κ2) is 5.48. The zero-order valence-corrected chi connectivity index (χ0v) is 12.1. The summed E-state index contributed by atoms with van der Waals surface area (Å²) >= 11 is 3.73. The van der Waals surface area contributed by atoms with Crippen molar-refractivity contribution in [2.24, 2.45) is 7.05 Å². The van der Waals surface area contributed by atoms with Crippen LogP contribution in [0.15, 0.2) is 12.4 Å². The van der Waals surface area contributed by atoms with Crippen molar-refractivity contribution in [3.8, 4) is 0 Å². The molecule has 1 aromatic heterocycles. The predicted molar refractivity (Wildman–Crippen MR) is 74.7 cm³/mol. The van der Waals surface area contributed by atoms with Gasteiger partial charge in [0.15, 0.2) is 5.78 Å². The van der Waals surface area contributed by atoms with Crippen LogP contribution >= 0.6 is 23.5 Å². The van der Waals surface area contributed by atoms with E-state index in [0.717, 1.165) is 11.6 Å². The highest BCUT2D eigenvalue weighted by Gasteiger charge is 2.30. The van der Waals surface area contributed by atoms with Crippen LogP contribution in [0.25, 0.3) is 0 Å². The van der Waals surface area contributed by atoms with Crippen LogP contribution in [-0.4, -0.2) is 36.8 Å². The Morgan fingerprint density at radius 2 is 2.29 bits per heavy atom. The number of imidazole rings is 1. The topological polar surface area (TPSA) is 34.9 Å². The first-order chi connectivity index (χ1) is 8.08. The molecule has 0 aromatic carbocycles. The highest BCUT2D eigenvalue weighted by atomic mass is 32.2. The summed E-state index contributed by atoms with van der Waals surface area (Å²) in [5.74, 6) is 2.13. The van der Waals surface area contributed by atoms with Gasteiger partial charge in [0.05, 0.1) is 11.7 Å². The molecule has 3 unspecified atom stereocenters. The summed E-state index contributed by atoms with van der Waals surface area (Å²) in [6.07, 6.45) is 4.09. The quantitative estimate of drug-likeness (QED) is 0.843. The third kappa shape index (κ3) is 3.07. The molecule has 5 heteroatoms. The molecule has 2 heterocycles. The van der Waals surface area contributed by atoms with Crippen LogP contribution in [0, 0.1) is 0 Å². The minimum absolute atomic E-state index is 0.142. The number of ketones is 1. The first-order valence-electron chi connectivity index (χ1n) is 5.84. The number of rotatable bonds is 3. The molecule has 0 N–H and O–H groups in total. The maximum atomic E-state index is 12.2. The summed E-state index contributed by atoms with van der Waals surface area (Å²) in [6.45, 7) is 4.45. The van der Waals surface area contributed by atoms with Crippen LogP contribution in [0.5, 0.6) is 0 Å². The van der Waals surface area contributed by atoms with Crippen molar-refractivity contribution in [3.63, 3.8) is 0 Å². The van der Waals surface area contributed by atoms with Gasteiger partial charge in [-0.3, -0.25) is 4.79 Å². The van der Waals surface area contributed by atoms with Gasteiger partial charge in [-0.1, -0.05) is 13.8 Å². The van der Waals surface area contributed by atoms with E-state index >= 15 is 0 Å². The van der Waals surface area contributed by atoms with Crippen molar-refractivity contribution in [3.05, 3.63) is 18.2 Å². The number of aromatic nitrogens is 2. The number of carbonyl (C=O) groups is 1. The van der Waals surface area contributed by atoms with E-state index in [-0.39, 0.29) is 5.25 Å². The zero-order valence-electron chi connectivity index (χ0n) is 10.4. The molecule has 3 nitrogen and oxygen atoms in total. The first-order valence-corrected chi connectivity index (χ1v) is 7.83. The summed E-state index contributed by atoms with van der Waals surface area (Å²) in [6, 6.07) is 0. The maximum absolute atomic E-state index is 12.2. The van der Waals surface area contributed by atoms with E-state index in [1.165, 1.54) is 0 Å². The maximum Gasteiger partial charge on any atom is 0.154 e. The van der Waals surface area contributed by atoms with E-state index in [1.54, 1.807) is 6.20 Å². The number of hydrogen-bond donors (Lipinski definition) is 0. The molecule has 0 amide bonds. The van der Waals surface area contributed by atoms with Gasteiger partial charge >= 0.3 is 0 Å². The summed E-state index contributed by atoms with van der Waals surface area (Å²) in [4.78, 5) is 16.4. The minimum Gasteiger partial charge on any atom is -0.338 e. The van der Waals surface area contributed by atoms with Gasteiger partial charge in [0, 0.05) is 35.7 Å². The molecule has 1 fully saturated rings. The van der Waals surface area contributed by atoms with Crippen molar-refractivity contribution in [1.82, 2.24) is 9.55 Å². The van der Waals surface area contributed by atoms with Gasteiger partial charge < -0.3 is 4.57 Å². The van der Waals surface area contributed by atoms with Gasteiger partial charge in [-0.15, -0.1) is 11.8 Å². The molecule has 1 aliphatic rings. The zero-order chi connectivity index (χ0) is 12.4. The molecule has 1 aliphatic heterocycles. The van der Waals surface area contributed by atoms with Gasteiger partial charge in [-0.05, 0) is 0 Å². The normalized spacial score (nSPS) is 29.2. The molecule has 1 saturated heterocycles. The molecule has 1 aromatic rings. The standard InChI is InChI=1S/C12H18N2OS2/c1-8-9(2)17-11(7-16-8)10(15)6-12-13-4-5-14(12)3/h4-5,8-9,11H,6-7H2,1-3H3. The van der Waals surface area contributed by atoms with Gasteiger partial charge in [0.1, 0.15) is 5.82 Å². The van der Waals surface area contributed by atoms with E-state index in [1.807, 2.05) is 41.3 Å². The first kappa shape index (κ1) is 13.0. The fourth-order valence-electron chi connectivity index (χ4n) is 1.79. The monoisotopic (exact) mass is 270 g/mol. The molecule has 0 spiro atoms. The average Bonchev–Trinajstić information content (AvgIpc) is 2.68. The number of thioether (sulfide) groups is 2. The Morgan fingerprint density at radius 1 is 1.53 bits per heavy atom. The molecule has 0 radical (unpaired) electrons. The summed E-state index contributed by atoms with van der Waals surface area (Å²) in [7, 11) is 1.93. The van der Waals surface area contributed by atoms with Crippen LogP contribution < -0.4 is 0 Å². The Balaban J connectivity index is 1.95. The van der Waals surface area contributed by atoms with Crippen LogP contribution in [0.2, 0.25) is 0 Å². The second-order valence-corrected chi connectivity index (χ2v) is 7.46. The lowest BCUT2D eigenvalue weighted by Gasteiger charge is -2.30. The van der Waals surface area contributed by atoms with Crippen molar-refractivity contribution in [2.45, 2.75) is 36.0 Å². The van der Waals surface area contributed by atoms with Crippen molar-refractivity contribution in [1.29, 1.82) is 0 Å². The van der Waals surface area contributed by atoms with Crippen LogP contribution in [0.3, 0.4) is 0 Å². The lowest BCUT2D eigenvalue weighted by molar-refractivity contribution is -0.117. The minimum atomic E-state index is 0.142. The predicted octanol–water partition coefficient (Wildman–Crippen LogP) is 2.16. The summed E-state index contributed by atoms with van der Waals surface area (Å²) in [5, 5.41) is 1.35. The largest absolute Gasteiger partial charge is 0.338 e. The Morgan fingerprint density at radius 3 is 2.88 bits per heavy atom. The van der Waals surface area contributed by atoms with E-state index in [4.69, 9.17) is 0 Å². The molecule has 3 atom stereocenters. The molecular weight excluding hydrogens is 252 g/mol. The SMILES string of the molecule is CC1SCC(C(=O)Cc2nccn2C)SC1C. The Bertz CT molecular complexity index is 405. The number of Topliss-reactive ketones (excluding diaryl/α,β-unsaturated/α-hetero) is 1. The highest BCUT2D eigenvalue weighted by Crippen LogP contribution is 2.36. The van der Waals surface area contributed by atoms with E-state index in [0.29, 0.717) is 22.7 Å². The Kier molecular flexibility index (Phi) is 4.20. The second-order valence-electron chi connectivity index (χ2n) is 4.47. The Labute approximate surface area is 111 Å². The summed E-state index contributed by atoms with van der Waals surface area (Å²) in [5.41, 5.74) is 0.